The Hall–Kier alpha value is -2.11. The summed E-state index contributed by atoms with van der Waals surface area (Å²) in [5, 5.41) is 3.25. The Morgan fingerprint density at radius 2 is 1.74 bits per heavy atom. The maximum absolute atomic E-state index is 11.7. The van der Waals surface area contributed by atoms with Gasteiger partial charge in [0.1, 0.15) is 0 Å². The van der Waals surface area contributed by atoms with Gasteiger partial charge in [-0.05, 0) is 48.0 Å². The highest BCUT2D eigenvalue weighted by Gasteiger charge is 2.05. The van der Waals surface area contributed by atoms with Crippen LogP contribution >= 0.6 is 27.5 Å². The van der Waals surface area contributed by atoms with E-state index in [1.807, 2.05) is 0 Å². The summed E-state index contributed by atoms with van der Waals surface area (Å²) in [6, 6.07) is 14.1. The van der Waals surface area contributed by atoms with E-state index in [9.17, 15) is 9.59 Å². The molecule has 23 heavy (non-hydrogen) atoms. The summed E-state index contributed by atoms with van der Waals surface area (Å²) < 4.78 is 5.78. The van der Waals surface area contributed by atoms with Crippen LogP contribution in [-0.2, 0) is 14.3 Å². The average Bonchev–Trinajstić information content (AvgIpc) is 2.54. The standard InChI is InChI=1S/C17H13BrClNO3/c18-13-4-8-15(9-5-13)20-16(21)11-23-17(22)10-3-12-1-6-14(19)7-2-12/h1-10H,11H2,(H,20,21)/b10-3+. The fraction of sp³-hybridized carbons (Fsp3) is 0.0588. The molecule has 0 fully saturated rings. The Morgan fingerprint density at radius 1 is 1.09 bits per heavy atom. The summed E-state index contributed by atoms with van der Waals surface area (Å²) in [5.41, 5.74) is 1.44. The molecule has 0 bridgehead atoms. The maximum atomic E-state index is 11.7. The van der Waals surface area contributed by atoms with Crippen molar-refractivity contribution >= 4 is 51.2 Å². The normalized spacial score (nSPS) is 10.5. The van der Waals surface area contributed by atoms with Crippen LogP contribution in [0.2, 0.25) is 5.02 Å². The van der Waals surface area contributed by atoms with Crippen LogP contribution in [0.4, 0.5) is 5.69 Å². The summed E-state index contributed by atoms with van der Waals surface area (Å²) in [5.74, 6) is -0.994. The summed E-state index contributed by atoms with van der Waals surface area (Å²) in [6.07, 6.45) is 2.85. The Bertz CT molecular complexity index is 712. The molecule has 1 N–H and O–H groups in total. The summed E-state index contributed by atoms with van der Waals surface area (Å²) >= 11 is 9.08. The first-order valence-electron chi connectivity index (χ1n) is 6.69. The number of halogens is 2. The van der Waals surface area contributed by atoms with Gasteiger partial charge in [-0.15, -0.1) is 0 Å². The van der Waals surface area contributed by atoms with Gasteiger partial charge in [0.2, 0.25) is 0 Å². The lowest BCUT2D eigenvalue weighted by molar-refractivity contribution is -0.142. The second-order valence-corrected chi connectivity index (χ2v) is 5.90. The number of ether oxygens (including phenoxy) is 1. The van der Waals surface area contributed by atoms with Gasteiger partial charge in [0, 0.05) is 21.3 Å². The largest absolute Gasteiger partial charge is 0.452 e. The van der Waals surface area contributed by atoms with E-state index in [-0.39, 0.29) is 6.61 Å². The van der Waals surface area contributed by atoms with Crippen LogP contribution in [-0.4, -0.2) is 18.5 Å². The molecule has 0 spiro atoms. The molecule has 2 rings (SSSR count). The molecule has 0 radical (unpaired) electrons. The number of carbonyl (C=O) groups excluding carboxylic acids is 2. The molecule has 0 atom stereocenters. The number of esters is 1. The SMILES string of the molecule is O=C(COC(=O)/C=C/c1ccc(Cl)cc1)Nc1ccc(Br)cc1. The second-order valence-electron chi connectivity index (χ2n) is 4.55. The molecule has 0 aliphatic carbocycles. The van der Waals surface area contributed by atoms with Crippen molar-refractivity contribution in [3.05, 3.63) is 69.7 Å². The first kappa shape index (κ1) is 17.2. The number of hydrogen-bond acceptors (Lipinski definition) is 3. The van der Waals surface area contributed by atoms with Crippen LogP contribution in [0.3, 0.4) is 0 Å². The van der Waals surface area contributed by atoms with E-state index in [4.69, 9.17) is 16.3 Å². The molecule has 118 valence electrons. The number of amides is 1. The zero-order valence-corrected chi connectivity index (χ0v) is 14.3. The van der Waals surface area contributed by atoms with Gasteiger partial charge in [0.25, 0.3) is 5.91 Å². The minimum atomic E-state index is -0.592. The van der Waals surface area contributed by atoms with Crippen molar-refractivity contribution in [3.8, 4) is 0 Å². The van der Waals surface area contributed by atoms with Crippen molar-refractivity contribution < 1.29 is 14.3 Å². The zero-order chi connectivity index (χ0) is 16.7. The van der Waals surface area contributed by atoms with Crippen molar-refractivity contribution in [1.29, 1.82) is 0 Å². The molecule has 1 amide bonds. The number of hydrogen-bond donors (Lipinski definition) is 1. The van der Waals surface area contributed by atoms with Gasteiger partial charge in [-0.25, -0.2) is 4.79 Å². The molecular formula is C17H13BrClNO3. The lowest BCUT2D eigenvalue weighted by atomic mass is 10.2. The van der Waals surface area contributed by atoms with E-state index in [1.165, 1.54) is 6.08 Å². The predicted octanol–water partition coefficient (Wildman–Crippen LogP) is 4.30. The number of anilines is 1. The fourth-order valence-corrected chi connectivity index (χ4v) is 2.04. The third-order valence-electron chi connectivity index (χ3n) is 2.76. The second kappa shape index (κ2) is 8.50. The maximum Gasteiger partial charge on any atom is 0.331 e. The van der Waals surface area contributed by atoms with E-state index in [0.717, 1.165) is 10.0 Å². The third kappa shape index (κ3) is 6.26. The first-order chi connectivity index (χ1) is 11.0. The monoisotopic (exact) mass is 393 g/mol. The van der Waals surface area contributed by atoms with Gasteiger partial charge in [-0.1, -0.05) is 39.7 Å². The smallest absolute Gasteiger partial charge is 0.331 e. The van der Waals surface area contributed by atoms with Crippen molar-refractivity contribution in [1.82, 2.24) is 0 Å². The van der Waals surface area contributed by atoms with E-state index >= 15 is 0 Å². The van der Waals surface area contributed by atoms with Crippen LogP contribution in [0.15, 0.2) is 59.1 Å². The highest BCUT2D eigenvalue weighted by Crippen LogP contribution is 2.14. The Kier molecular flexibility index (Phi) is 6.38. The van der Waals surface area contributed by atoms with Crippen LogP contribution in [0.1, 0.15) is 5.56 Å². The topological polar surface area (TPSA) is 55.4 Å². The summed E-state index contributed by atoms with van der Waals surface area (Å²) in [7, 11) is 0. The molecule has 0 heterocycles. The fourth-order valence-electron chi connectivity index (χ4n) is 1.65. The van der Waals surface area contributed by atoms with Crippen molar-refractivity contribution in [2.75, 3.05) is 11.9 Å². The van der Waals surface area contributed by atoms with Crippen LogP contribution < -0.4 is 5.32 Å². The molecule has 0 aliphatic rings. The van der Waals surface area contributed by atoms with Crippen LogP contribution in [0, 0.1) is 0 Å². The average molecular weight is 395 g/mol. The van der Waals surface area contributed by atoms with Crippen molar-refractivity contribution in [2.24, 2.45) is 0 Å². The van der Waals surface area contributed by atoms with Gasteiger partial charge in [-0.3, -0.25) is 4.79 Å². The minimum Gasteiger partial charge on any atom is -0.452 e. The van der Waals surface area contributed by atoms with E-state index in [0.29, 0.717) is 10.7 Å². The Morgan fingerprint density at radius 3 is 2.39 bits per heavy atom. The van der Waals surface area contributed by atoms with E-state index in [1.54, 1.807) is 54.6 Å². The zero-order valence-electron chi connectivity index (χ0n) is 12.0. The highest BCUT2D eigenvalue weighted by molar-refractivity contribution is 9.10. The first-order valence-corrected chi connectivity index (χ1v) is 7.86. The van der Waals surface area contributed by atoms with Crippen LogP contribution in [0.25, 0.3) is 6.08 Å². The minimum absolute atomic E-state index is 0.347. The number of benzene rings is 2. The molecule has 0 saturated carbocycles. The quantitative estimate of drug-likeness (QED) is 0.608. The lowest BCUT2D eigenvalue weighted by Gasteiger charge is -2.05. The van der Waals surface area contributed by atoms with Crippen molar-refractivity contribution in [2.45, 2.75) is 0 Å². The highest BCUT2D eigenvalue weighted by atomic mass is 79.9. The molecule has 2 aromatic rings. The van der Waals surface area contributed by atoms with Crippen molar-refractivity contribution in [3.63, 3.8) is 0 Å². The van der Waals surface area contributed by atoms with E-state index in [2.05, 4.69) is 21.2 Å². The van der Waals surface area contributed by atoms with Gasteiger partial charge in [0.15, 0.2) is 6.61 Å². The molecule has 6 heteroatoms. The van der Waals surface area contributed by atoms with Gasteiger partial charge < -0.3 is 10.1 Å². The number of nitrogens with one attached hydrogen (secondary N) is 1. The number of rotatable bonds is 5. The Balaban J connectivity index is 1.78. The molecular weight excluding hydrogens is 382 g/mol. The summed E-state index contributed by atoms with van der Waals surface area (Å²) in [6.45, 7) is -0.347. The van der Waals surface area contributed by atoms with Crippen LogP contribution in [0.5, 0.6) is 0 Å². The van der Waals surface area contributed by atoms with Gasteiger partial charge >= 0.3 is 5.97 Å². The van der Waals surface area contributed by atoms with E-state index < -0.39 is 11.9 Å². The molecule has 0 unspecified atom stereocenters. The molecule has 0 saturated heterocycles. The molecule has 0 aromatic heterocycles. The lowest BCUT2D eigenvalue weighted by Crippen LogP contribution is -2.20. The molecule has 4 nitrogen and oxygen atoms in total. The van der Waals surface area contributed by atoms with Gasteiger partial charge in [-0.2, -0.15) is 0 Å². The molecule has 0 aliphatic heterocycles. The third-order valence-corrected chi connectivity index (χ3v) is 3.54. The Labute approximate surface area is 147 Å². The predicted molar refractivity (Wildman–Crippen MR) is 94.2 cm³/mol. The molecule has 2 aromatic carbocycles. The van der Waals surface area contributed by atoms with Gasteiger partial charge in [0.05, 0.1) is 0 Å². The summed E-state index contributed by atoms with van der Waals surface area (Å²) in [4.78, 5) is 23.2. The number of carbonyl (C=O) groups is 2.